The highest BCUT2D eigenvalue weighted by molar-refractivity contribution is 7.25. The minimum atomic E-state index is -0.107. The van der Waals surface area contributed by atoms with Gasteiger partial charge in [-0.05, 0) is 12.1 Å². The first-order valence-electron chi connectivity index (χ1n) is 8.10. The maximum absolute atomic E-state index is 13.4. The molecule has 0 amide bonds. The molecule has 0 fully saturated rings. The van der Waals surface area contributed by atoms with Crippen molar-refractivity contribution in [1.82, 2.24) is 19.5 Å². The zero-order chi connectivity index (χ0) is 17.5. The van der Waals surface area contributed by atoms with Crippen molar-refractivity contribution in [3.8, 4) is 17.1 Å². The van der Waals surface area contributed by atoms with E-state index in [9.17, 15) is 4.79 Å². The summed E-state index contributed by atoms with van der Waals surface area (Å²) in [4.78, 5) is 27.6. The fourth-order valence-corrected chi connectivity index (χ4v) is 3.99. The molecule has 2 aromatic carbocycles. The summed E-state index contributed by atoms with van der Waals surface area (Å²) in [6.45, 7) is 0. The lowest BCUT2D eigenvalue weighted by atomic mass is 10.2. The van der Waals surface area contributed by atoms with E-state index in [4.69, 9.17) is 4.98 Å². The molecule has 0 atom stereocenters. The van der Waals surface area contributed by atoms with E-state index in [1.807, 2.05) is 60.7 Å². The van der Waals surface area contributed by atoms with Gasteiger partial charge in [0.2, 0.25) is 0 Å². The zero-order valence-corrected chi connectivity index (χ0v) is 14.4. The van der Waals surface area contributed by atoms with E-state index in [1.165, 1.54) is 11.3 Å². The minimum Gasteiger partial charge on any atom is -0.267 e. The first-order chi connectivity index (χ1) is 12.8. The van der Waals surface area contributed by atoms with Crippen LogP contribution in [-0.2, 0) is 0 Å². The van der Waals surface area contributed by atoms with Gasteiger partial charge in [0.15, 0.2) is 0 Å². The lowest BCUT2D eigenvalue weighted by molar-refractivity contribution is 0.980. The highest BCUT2D eigenvalue weighted by Crippen LogP contribution is 2.30. The van der Waals surface area contributed by atoms with Crippen molar-refractivity contribution in [2.45, 2.75) is 0 Å². The molecule has 0 unspecified atom stereocenters. The Labute approximate surface area is 152 Å². The second kappa shape index (κ2) is 5.86. The molecule has 0 spiro atoms. The number of para-hydroxylation sites is 1. The van der Waals surface area contributed by atoms with E-state index in [2.05, 4.69) is 9.97 Å². The van der Waals surface area contributed by atoms with Crippen molar-refractivity contribution in [2.24, 2.45) is 0 Å². The topological polar surface area (TPSA) is 60.7 Å². The average Bonchev–Trinajstić information content (AvgIpc) is 3.08. The zero-order valence-electron chi connectivity index (χ0n) is 13.5. The molecule has 0 N–H and O–H groups in total. The number of benzene rings is 2. The third-order valence-corrected chi connectivity index (χ3v) is 5.24. The van der Waals surface area contributed by atoms with Crippen LogP contribution >= 0.6 is 11.3 Å². The van der Waals surface area contributed by atoms with Gasteiger partial charge in [0.05, 0.1) is 5.69 Å². The van der Waals surface area contributed by atoms with Crippen molar-refractivity contribution in [3.63, 3.8) is 0 Å². The predicted molar refractivity (Wildman–Crippen MR) is 104 cm³/mol. The van der Waals surface area contributed by atoms with E-state index >= 15 is 0 Å². The van der Waals surface area contributed by atoms with Gasteiger partial charge in [0, 0.05) is 18.0 Å². The quantitative estimate of drug-likeness (QED) is 0.479. The smallest absolute Gasteiger partial charge is 0.267 e. The number of rotatable bonds is 2. The molecule has 6 heteroatoms. The molecule has 3 heterocycles. The van der Waals surface area contributed by atoms with E-state index < -0.39 is 0 Å². The van der Waals surface area contributed by atoms with Crippen LogP contribution in [-0.4, -0.2) is 19.5 Å². The Bertz CT molecular complexity index is 1290. The SMILES string of the molecule is O=c1c2sc3nccnc3c2nc(-c2ccccc2)n1-c1ccccc1. The molecule has 0 saturated carbocycles. The number of fused-ring (bicyclic) bond motifs is 3. The lowest BCUT2D eigenvalue weighted by Crippen LogP contribution is -2.21. The van der Waals surface area contributed by atoms with Gasteiger partial charge in [-0.3, -0.25) is 9.36 Å². The van der Waals surface area contributed by atoms with Crippen LogP contribution in [0.2, 0.25) is 0 Å². The van der Waals surface area contributed by atoms with Crippen LogP contribution in [0.4, 0.5) is 0 Å². The molecular formula is C20H12N4OS. The number of hydrogen-bond acceptors (Lipinski definition) is 5. The average molecular weight is 356 g/mol. The minimum absolute atomic E-state index is 0.107. The fourth-order valence-electron chi connectivity index (χ4n) is 3.01. The summed E-state index contributed by atoms with van der Waals surface area (Å²) in [5, 5.41) is 0. The molecule has 26 heavy (non-hydrogen) atoms. The maximum Gasteiger partial charge on any atom is 0.276 e. The van der Waals surface area contributed by atoms with Gasteiger partial charge in [0.25, 0.3) is 5.56 Å². The van der Waals surface area contributed by atoms with Crippen LogP contribution in [0.15, 0.2) is 77.9 Å². The predicted octanol–water partition coefficient (Wildman–Crippen LogP) is 4.06. The molecule has 0 radical (unpaired) electrons. The number of aromatic nitrogens is 4. The van der Waals surface area contributed by atoms with Crippen molar-refractivity contribution < 1.29 is 0 Å². The molecule has 0 aliphatic carbocycles. The largest absolute Gasteiger partial charge is 0.276 e. The van der Waals surface area contributed by atoms with Crippen LogP contribution in [0.3, 0.4) is 0 Å². The fraction of sp³-hybridized carbons (Fsp3) is 0. The monoisotopic (exact) mass is 356 g/mol. The summed E-state index contributed by atoms with van der Waals surface area (Å²) in [5.41, 5.74) is 2.82. The Balaban J connectivity index is 1.97. The Kier molecular flexibility index (Phi) is 3.36. The Hall–Kier alpha value is -3.38. The van der Waals surface area contributed by atoms with Crippen molar-refractivity contribution in [2.75, 3.05) is 0 Å². The van der Waals surface area contributed by atoms with Crippen LogP contribution in [0.1, 0.15) is 0 Å². The third kappa shape index (κ3) is 2.23. The van der Waals surface area contributed by atoms with Crippen molar-refractivity contribution >= 4 is 31.9 Å². The van der Waals surface area contributed by atoms with E-state index in [0.717, 1.165) is 16.1 Å². The van der Waals surface area contributed by atoms with Crippen LogP contribution in [0.5, 0.6) is 0 Å². The lowest BCUT2D eigenvalue weighted by Gasteiger charge is -2.12. The molecule has 5 rings (SSSR count). The third-order valence-electron chi connectivity index (χ3n) is 4.18. The van der Waals surface area contributed by atoms with Crippen LogP contribution in [0, 0.1) is 0 Å². The Morgan fingerprint density at radius 3 is 2.27 bits per heavy atom. The maximum atomic E-state index is 13.4. The summed E-state index contributed by atoms with van der Waals surface area (Å²) >= 11 is 1.33. The second-order valence-corrected chi connectivity index (χ2v) is 6.77. The van der Waals surface area contributed by atoms with Gasteiger partial charge in [-0.15, -0.1) is 11.3 Å². The normalized spacial score (nSPS) is 11.2. The molecule has 0 saturated heterocycles. The van der Waals surface area contributed by atoms with Crippen LogP contribution < -0.4 is 5.56 Å². The first-order valence-corrected chi connectivity index (χ1v) is 8.92. The number of nitrogens with zero attached hydrogens (tertiary/aromatic N) is 4. The standard InChI is InChI=1S/C20H12N4OS/c25-20-17-15(16-19(26-17)22-12-11-21-16)23-18(13-7-3-1-4-8-13)24(20)14-9-5-2-6-10-14/h1-12H. The molecule has 3 aromatic heterocycles. The number of hydrogen-bond donors (Lipinski definition) is 0. The van der Waals surface area contributed by atoms with E-state index in [0.29, 0.717) is 21.6 Å². The molecule has 0 aliphatic rings. The van der Waals surface area contributed by atoms with Gasteiger partial charge < -0.3 is 0 Å². The van der Waals surface area contributed by atoms with Gasteiger partial charge in [-0.25, -0.2) is 15.0 Å². The highest BCUT2D eigenvalue weighted by Gasteiger charge is 2.19. The highest BCUT2D eigenvalue weighted by atomic mass is 32.1. The molecule has 5 aromatic rings. The summed E-state index contributed by atoms with van der Waals surface area (Å²) < 4.78 is 2.22. The summed E-state index contributed by atoms with van der Waals surface area (Å²) in [7, 11) is 0. The number of thiophene rings is 1. The molecule has 124 valence electrons. The van der Waals surface area contributed by atoms with Crippen molar-refractivity contribution in [1.29, 1.82) is 0 Å². The van der Waals surface area contributed by atoms with Crippen LogP contribution in [0.25, 0.3) is 37.6 Å². The molecular weight excluding hydrogens is 344 g/mol. The molecule has 0 aliphatic heterocycles. The van der Waals surface area contributed by atoms with Crippen molar-refractivity contribution in [3.05, 3.63) is 83.4 Å². The Morgan fingerprint density at radius 2 is 1.50 bits per heavy atom. The Morgan fingerprint density at radius 1 is 0.808 bits per heavy atom. The van der Waals surface area contributed by atoms with Gasteiger partial charge in [0.1, 0.15) is 26.4 Å². The summed E-state index contributed by atoms with van der Waals surface area (Å²) in [6.07, 6.45) is 3.26. The van der Waals surface area contributed by atoms with Gasteiger partial charge in [-0.2, -0.15) is 0 Å². The molecule has 5 nitrogen and oxygen atoms in total. The first kappa shape index (κ1) is 14.9. The summed E-state index contributed by atoms with van der Waals surface area (Å²) in [6, 6.07) is 19.3. The summed E-state index contributed by atoms with van der Waals surface area (Å²) in [5.74, 6) is 0.597. The van der Waals surface area contributed by atoms with E-state index in [1.54, 1.807) is 17.0 Å². The van der Waals surface area contributed by atoms with Gasteiger partial charge in [-0.1, -0.05) is 48.5 Å². The molecule has 0 bridgehead atoms. The van der Waals surface area contributed by atoms with Gasteiger partial charge >= 0.3 is 0 Å². The van der Waals surface area contributed by atoms with E-state index in [-0.39, 0.29) is 5.56 Å². The second-order valence-electron chi connectivity index (χ2n) is 5.77.